The van der Waals surface area contributed by atoms with Crippen molar-refractivity contribution in [1.29, 1.82) is 0 Å². The van der Waals surface area contributed by atoms with Crippen LogP contribution in [0.15, 0.2) is 12.4 Å². The average molecular weight is 267 g/mol. The van der Waals surface area contributed by atoms with E-state index >= 15 is 0 Å². The quantitative estimate of drug-likeness (QED) is 0.844. The lowest BCUT2D eigenvalue weighted by molar-refractivity contribution is -0.175. The van der Waals surface area contributed by atoms with Crippen molar-refractivity contribution >= 4 is 11.9 Å². The highest BCUT2D eigenvalue weighted by molar-refractivity contribution is 5.83. The summed E-state index contributed by atoms with van der Waals surface area (Å²) in [5.41, 5.74) is 0.664. The summed E-state index contributed by atoms with van der Waals surface area (Å²) in [6.45, 7) is 3.50. The number of hydrogen-bond acceptors (Lipinski definition) is 4. The first kappa shape index (κ1) is 13.5. The number of aromatic nitrogens is 2. The fourth-order valence-corrected chi connectivity index (χ4v) is 2.37. The SMILES string of the molecule is CC(C)N1C(=O)COC(C(=O)O)C1c1cnn(C)c1. The number of carbonyl (C=O) groups is 2. The molecule has 19 heavy (non-hydrogen) atoms. The maximum absolute atomic E-state index is 12.0. The molecule has 0 aliphatic carbocycles. The normalized spacial score (nSPS) is 24.0. The predicted molar refractivity (Wildman–Crippen MR) is 65.3 cm³/mol. The van der Waals surface area contributed by atoms with E-state index in [1.165, 1.54) is 0 Å². The van der Waals surface area contributed by atoms with E-state index in [4.69, 9.17) is 4.74 Å². The molecule has 0 spiro atoms. The summed E-state index contributed by atoms with van der Waals surface area (Å²) in [7, 11) is 1.74. The third-order valence-electron chi connectivity index (χ3n) is 3.13. The van der Waals surface area contributed by atoms with Gasteiger partial charge in [-0.1, -0.05) is 0 Å². The lowest BCUT2D eigenvalue weighted by Crippen LogP contribution is -2.54. The number of morpholine rings is 1. The molecule has 1 saturated heterocycles. The summed E-state index contributed by atoms with van der Waals surface area (Å²) >= 11 is 0. The summed E-state index contributed by atoms with van der Waals surface area (Å²) in [5, 5.41) is 13.3. The van der Waals surface area contributed by atoms with Gasteiger partial charge in [0, 0.05) is 24.8 Å². The molecule has 0 aromatic carbocycles. The van der Waals surface area contributed by atoms with Gasteiger partial charge < -0.3 is 14.7 Å². The van der Waals surface area contributed by atoms with Gasteiger partial charge in [-0.15, -0.1) is 0 Å². The van der Waals surface area contributed by atoms with Crippen LogP contribution in [0, 0.1) is 0 Å². The maximum atomic E-state index is 12.0. The molecule has 104 valence electrons. The van der Waals surface area contributed by atoms with Gasteiger partial charge >= 0.3 is 5.97 Å². The highest BCUT2D eigenvalue weighted by Crippen LogP contribution is 2.31. The zero-order valence-corrected chi connectivity index (χ0v) is 11.1. The second kappa shape index (κ2) is 5.00. The van der Waals surface area contributed by atoms with Gasteiger partial charge in [0.1, 0.15) is 6.61 Å². The molecule has 2 rings (SSSR count). The Morgan fingerprint density at radius 3 is 2.74 bits per heavy atom. The van der Waals surface area contributed by atoms with Crippen molar-refractivity contribution in [2.75, 3.05) is 6.61 Å². The first-order chi connectivity index (χ1) is 8.91. The molecule has 2 atom stereocenters. The number of rotatable bonds is 3. The Morgan fingerprint density at radius 2 is 2.26 bits per heavy atom. The largest absolute Gasteiger partial charge is 0.479 e. The predicted octanol–water partition coefficient (Wildman–Crippen LogP) is 0.182. The molecular formula is C12H17N3O4. The van der Waals surface area contributed by atoms with Crippen molar-refractivity contribution in [2.45, 2.75) is 32.0 Å². The number of carbonyl (C=O) groups excluding carboxylic acids is 1. The van der Waals surface area contributed by atoms with Crippen LogP contribution in [0.1, 0.15) is 25.5 Å². The minimum atomic E-state index is -1.08. The number of ether oxygens (including phenoxy) is 1. The maximum Gasteiger partial charge on any atom is 0.335 e. The van der Waals surface area contributed by atoms with Crippen molar-refractivity contribution in [3.8, 4) is 0 Å². The van der Waals surface area contributed by atoms with Crippen molar-refractivity contribution in [3.63, 3.8) is 0 Å². The molecular weight excluding hydrogens is 250 g/mol. The third-order valence-corrected chi connectivity index (χ3v) is 3.13. The first-order valence-electron chi connectivity index (χ1n) is 6.06. The zero-order chi connectivity index (χ0) is 14.2. The minimum absolute atomic E-state index is 0.108. The zero-order valence-electron chi connectivity index (χ0n) is 11.1. The van der Waals surface area contributed by atoms with Crippen LogP contribution in [0.2, 0.25) is 0 Å². The van der Waals surface area contributed by atoms with E-state index in [2.05, 4.69) is 5.10 Å². The van der Waals surface area contributed by atoms with Crippen LogP contribution in [0.3, 0.4) is 0 Å². The molecule has 0 radical (unpaired) electrons. The van der Waals surface area contributed by atoms with E-state index in [-0.39, 0.29) is 18.6 Å². The molecule has 7 heteroatoms. The number of carboxylic acid groups (broad SMARTS) is 1. The van der Waals surface area contributed by atoms with Crippen LogP contribution in [0.25, 0.3) is 0 Å². The van der Waals surface area contributed by atoms with E-state index in [0.29, 0.717) is 5.56 Å². The molecule has 7 nitrogen and oxygen atoms in total. The van der Waals surface area contributed by atoms with Gasteiger partial charge in [0.2, 0.25) is 5.91 Å². The van der Waals surface area contributed by atoms with Crippen LogP contribution in [0.5, 0.6) is 0 Å². The fourth-order valence-electron chi connectivity index (χ4n) is 2.37. The standard InChI is InChI=1S/C12H17N3O4/c1-7(2)15-9(16)6-19-11(12(17)18)10(15)8-4-13-14(3)5-8/h4-5,7,10-11H,6H2,1-3H3,(H,17,18). The fraction of sp³-hybridized carbons (Fsp3) is 0.583. The highest BCUT2D eigenvalue weighted by Gasteiger charge is 2.43. The van der Waals surface area contributed by atoms with Gasteiger partial charge in [-0.25, -0.2) is 4.79 Å². The van der Waals surface area contributed by atoms with E-state index < -0.39 is 18.1 Å². The van der Waals surface area contributed by atoms with Crippen molar-refractivity contribution in [1.82, 2.24) is 14.7 Å². The van der Waals surface area contributed by atoms with Gasteiger partial charge in [-0.05, 0) is 13.8 Å². The molecule has 1 fully saturated rings. The number of carboxylic acids is 1. The minimum Gasteiger partial charge on any atom is -0.479 e. The number of amides is 1. The molecule has 0 saturated carbocycles. The Balaban J connectivity index is 2.43. The van der Waals surface area contributed by atoms with Gasteiger partial charge in [-0.2, -0.15) is 5.10 Å². The highest BCUT2D eigenvalue weighted by atomic mass is 16.5. The van der Waals surface area contributed by atoms with E-state index in [1.807, 2.05) is 13.8 Å². The van der Waals surface area contributed by atoms with Crippen molar-refractivity contribution in [2.24, 2.45) is 7.05 Å². The van der Waals surface area contributed by atoms with Gasteiger partial charge in [0.15, 0.2) is 6.10 Å². The van der Waals surface area contributed by atoms with Crippen LogP contribution in [-0.4, -0.2) is 50.4 Å². The summed E-state index contributed by atoms with van der Waals surface area (Å²) in [5.74, 6) is -1.28. The molecule has 1 aromatic rings. The molecule has 1 aliphatic rings. The van der Waals surface area contributed by atoms with Crippen LogP contribution in [0.4, 0.5) is 0 Å². The Bertz CT molecular complexity index is 497. The lowest BCUT2D eigenvalue weighted by atomic mass is 9.99. The number of hydrogen-bond donors (Lipinski definition) is 1. The lowest BCUT2D eigenvalue weighted by Gasteiger charge is -2.41. The molecule has 2 heterocycles. The average Bonchev–Trinajstić information content (AvgIpc) is 2.74. The van der Waals surface area contributed by atoms with E-state index in [9.17, 15) is 14.7 Å². The van der Waals surface area contributed by atoms with Crippen molar-refractivity contribution in [3.05, 3.63) is 18.0 Å². The molecule has 1 aliphatic heterocycles. The molecule has 1 aromatic heterocycles. The summed E-state index contributed by atoms with van der Waals surface area (Å²) in [6.07, 6.45) is 2.21. The van der Waals surface area contributed by atoms with E-state index in [1.54, 1.807) is 29.0 Å². The molecule has 1 amide bonds. The molecule has 2 unspecified atom stereocenters. The first-order valence-corrected chi connectivity index (χ1v) is 6.06. The van der Waals surface area contributed by atoms with E-state index in [0.717, 1.165) is 0 Å². The Morgan fingerprint density at radius 1 is 1.58 bits per heavy atom. The van der Waals surface area contributed by atoms with Crippen LogP contribution >= 0.6 is 0 Å². The van der Waals surface area contributed by atoms with Gasteiger partial charge in [0.25, 0.3) is 0 Å². The van der Waals surface area contributed by atoms with Crippen LogP contribution < -0.4 is 0 Å². The number of aliphatic carboxylic acids is 1. The smallest absolute Gasteiger partial charge is 0.335 e. The summed E-state index contributed by atoms with van der Waals surface area (Å²) in [6, 6.07) is -0.754. The number of aryl methyl sites for hydroxylation is 1. The summed E-state index contributed by atoms with van der Waals surface area (Å²) < 4.78 is 6.76. The van der Waals surface area contributed by atoms with Gasteiger partial charge in [-0.3, -0.25) is 9.48 Å². The Labute approximate surface area is 110 Å². The second-order valence-corrected chi connectivity index (χ2v) is 4.86. The molecule has 0 bridgehead atoms. The summed E-state index contributed by atoms with van der Waals surface area (Å²) in [4.78, 5) is 24.9. The number of nitrogens with zero attached hydrogens (tertiary/aromatic N) is 3. The third kappa shape index (κ3) is 2.46. The second-order valence-electron chi connectivity index (χ2n) is 4.86. The monoisotopic (exact) mass is 267 g/mol. The van der Waals surface area contributed by atoms with Crippen LogP contribution in [-0.2, 0) is 21.4 Å². The topological polar surface area (TPSA) is 84.7 Å². The van der Waals surface area contributed by atoms with Gasteiger partial charge in [0.05, 0.1) is 12.2 Å². The molecule has 1 N–H and O–H groups in total. The Kier molecular flexibility index (Phi) is 3.57. The van der Waals surface area contributed by atoms with Crippen molar-refractivity contribution < 1.29 is 19.4 Å². The Hall–Kier alpha value is -1.89.